The Balaban J connectivity index is 2.63. The van der Waals surface area contributed by atoms with Crippen molar-refractivity contribution in [3.05, 3.63) is 29.8 Å². The number of benzene rings is 1. The van der Waals surface area contributed by atoms with Gasteiger partial charge in [-0.05, 0) is 31.0 Å². The third-order valence-corrected chi connectivity index (χ3v) is 2.76. The minimum atomic E-state index is -0.775. The summed E-state index contributed by atoms with van der Waals surface area (Å²) in [6.07, 6.45) is 4.11. The van der Waals surface area contributed by atoms with Gasteiger partial charge in [0.05, 0.1) is 5.60 Å². The van der Waals surface area contributed by atoms with E-state index >= 15 is 0 Å². The van der Waals surface area contributed by atoms with Crippen LogP contribution in [0.1, 0.15) is 45.1 Å². The fourth-order valence-electron chi connectivity index (χ4n) is 1.68. The van der Waals surface area contributed by atoms with Crippen molar-refractivity contribution in [2.45, 2.75) is 45.1 Å². The van der Waals surface area contributed by atoms with Crippen LogP contribution in [0.2, 0.25) is 0 Å². The lowest BCUT2D eigenvalue weighted by atomic mass is 9.90. The van der Waals surface area contributed by atoms with Crippen molar-refractivity contribution in [3.8, 4) is 5.75 Å². The van der Waals surface area contributed by atoms with E-state index in [1.54, 1.807) is 24.3 Å². The normalized spacial score (nSPS) is 14.9. The standard InChI is InChI=1S/C13H20O2/c1-3-4-5-10-13(2,15)11-6-8-12(14)9-7-11/h6-9,14-15H,3-5,10H2,1-2H3. The van der Waals surface area contributed by atoms with E-state index in [0.29, 0.717) is 0 Å². The molecule has 0 aliphatic heterocycles. The molecular weight excluding hydrogens is 188 g/mol. The van der Waals surface area contributed by atoms with Gasteiger partial charge in [0, 0.05) is 0 Å². The van der Waals surface area contributed by atoms with Gasteiger partial charge in [-0.15, -0.1) is 0 Å². The zero-order valence-electron chi connectivity index (χ0n) is 9.53. The second kappa shape index (κ2) is 5.17. The summed E-state index contributed by atoms with van der Waals surface area (Å²) in [6, 6.07) is 6.79. The van der Waals surface area contributed by atoms with E-state index in [1.807, 2.05) is 6.92 Å². The van der Waals surface area contributed by atoms with Crippen LogP contribution in [0.5, 0.6) is 5.75 Å². The highest BCUT2D eigenvalue weighted by atomic mass is 16.3. The molecule has 0 aliphatic rings. The molecule has 0 aromatic heterocycles. The molecule has 15 heavy (non-hydrogen) atoms. The maximum atomic E-state index is 10.2. The number of rotatable bonds is 5. The molecule has 0 amide bonds. The van der Waals surface area contributed by atoms with E-state index < -0.39 is 5.60 Å². The largest absolute Gasteiger partial charge is 0.508 e. The maximum Gasteiger partial charge on any atom is 0.115 e. The molecule has 0 radical (unpaired) electrons. The van der Waals surface area contributed by atoms with Gasteiger partial charge in [0.2, 0.25) is 0 Å². The van der Waals surface area contributed by atoms with Gasteiger partial charge in [0.25, 0.3) is 0 Å². The van der Waals surface area contributed by atoms with Crippen LogP contribution in [0.4, 0.5) is 0 Å². The molecule has 0 aliphatic carbocycles. The Kier molecular flexibility index (Phi) is 4.15. The van der Waals surface area contributed by atoms with E-state index in [4.69, 9.17) is 5.11 Å². The fraction of sp³-hybridized carbons (Fsp3) is 0.538. The first-order valence-corrected chi connectivity index (χ1v) is 5.58. The number of phenols is 1. The molecule has 0 fully saturated rings. The van der Waals surface area contributed by atoms with Gasteiger partial charge in [-0.25, -0.2) is 0 Å². The number of hydrogen-bond donors (Lipinski definition) is 2. The zero-order valence-corrected chi connectivity index (χ0v) is 9.53. The minimum Gasteiger partial charge on any atom is -0.508 e. The van der Waals surface area contributed by atoms with Gasteiger partial charge in [0.15, 0.2) is 0 Å². The van der Waals surface area contributed by atoms with Crippen LogP contribution < -0.4 is 0 Å². The summed E-state index contributed by atoms with van der Waals surface area (Å²) in [5, 5.41) is 19.4. The van der Waals surface area contributed by atoms with E-state index in [-0.39, 0.29) is 5.75 Å². The van der Waals surface area contributed by atoms with Gasteiger partial charge < -0.3 is 10.2 Å². The fourth-order valence-corrected chi connectivity index (χ4v) is 1.68. The lowest BCUT2D eigenvalue weighted by Gasteiger charge is -2.23. The Morgan fingerprint density at radius 2 is 1.73 bits per heavy atom. The molecule has 2 N–H and O–H groups in total. The highest BCUT2D eigenvalue weighted by Crippen LogP contribution is 2.27. The maximum absolute atomic E-state index is 10.2. The van der Waals surface area contributed by atoms with E-state index in [9.17, 15) is 5.11 Å². The number of aliphatic hydroxyl groups is 1. The third-order valence-electron chi connectivity index (χ3n) is 2.76. The highest BCUT2D eigenvalue weighted by Gasteiger charge is 2.21. The van der Waals surface area contributed by atoms with Gasteiger partial charge in [0.1, 0.15) is 5.75 Å². The number of unbranched alkanes of at least 4 members (excludes halogenated alkanes) is 2. The summed E-state index contributed by atoms with van der Waals surface area (Å²) in [7, 11) is 0. The van der Waals surface area contributed by atoms with E-state index in [2.05, 4.69) is 6.92 Å². The van der Waals surface area contributed by atoms with Crippen molar-refractivity contribution in [2.75, 3.05) is 0 Å². The number of hydrogen-bond acceptors (Lipinski definition) is 2. The first kappa shape index (κ1) is 12.1. The van der Waals surface area contributed by atoms with Crippen LogP contribution in [-0.2, 0) is 5.60 Å². The molecule has 1 rings (SSSR count). The molecule has 1 aromatic carbocycles. The Labute approximate surface area is 91.6 Å². The minimum absolute atomic E-state index is 0.239. The number of aromatic hydroxyl groups is 1. The molecule has 2 heteroatoms. The third kappa shape index (κ3) is 3.56. The van der Waals surface area contributed by atoms with Crippen LogP contribution in [0, 0.1) is 0 Å². The lowest BCUT2D eigenvalue weighted by molar-refractivity contribution is 0.0449. The van der Waals surface area contributed by atoms with Gasteiger partial charge in [-0.2, -0.15) is 0 Å². The highest BCUT2D eigenvalue weighted by molar-refractivity contribution is 5.29. The van der Waals surface area contributed by atoms with E-state index in [0.717, 1.165) is 31.2 Å². The summed E-state index contributed by atoms with van der Waals surface area (Å²) < 4.78 is 0. The smallest absolute Gasteiger partial charge is 0.115 e. The Morgan fingerprint density at radius 3 is 2.27 bits per heavy atom. The SMILES string of the molecule is CCCCCC(C)(O)c1ccc(O)cc1. The van der Waals surface area contributed by atoms with Crippen LogP contribution in [0.3, 0.4) is 0 Å². The Morgan fingerprint density at radius 1 is 1.13 bits per heavy atom. The van der Waals surface area contributed by atoms with E-state index in [1.165, 1.54) is 0 Å². The van der Waals surface area contributed by atoms with Gasteiger partial charge >= 0.3 is 0 Å². The summed E-state index contributed by atoms with van der Waals surface area (Å²) >= 11 is 0. The summed E-state index contributed by atoms with van der Waals surface area (Å²) in [5.41, 5.74) is 0.0967. The quantitative estimate of drug-likeness (QED) is 0.730. The Hall–Kier alpha value is -1.02. The van der Waals surface area contributed by atoms with Crippen LogP contribution >= 0.6 is 0 Å². The second-order valence-corrected chi connectivity index (χ2v) is 4.28. The summed E-state index contributed by atoms with van der Waals surface area (Å²) in [5.74, 6) is 0.239. The van der Waals surface area contributed by atoms with Crippen LogP contribution in [0.25, 0.3) is 0 Å². The lowest BCUT2D eigenvalue weighted by Crippen LogP contribution is -2.20. The molecule has 84 valence electrons. The first-order valence-electron chi connectivity index (χ1n) is 5.58. The molecular formula is C13H20O2. The van der Waals surface area contributed by atoms with Crippen molar-refractivity contribution in [3.63, 3.8) is 0 Å². The molecule has 0 saturated heterocycles. The average Bonchev–Trinajstić information content (AvgIpc) is 2.18. The molecule has 0 bridgehead atoms. The molecule has 0 heterocycles. The molecule has 2 nitrogen and oxygen atoms in total. The molecule has 1 atom stereocenters. The van der Waals surface area contributed by atoms with Crippen molar-refractivity contribution in [1.82, 2.24) is 0 Å². The van der Waals surface area contributed by atoms with Crippen molar-refractivity contribution < 1.29 is 10.2 Å². The Bertz CT molecular complexity index is 288. The van der Waals surface area contributed by atoms with Crippen molar-refractivity contribution in [2.24, 2.45) is 0 Å². The average molecular weight is 208 g/mol. The van der Waals surface area contributed by atoms with Gasteiger partial charge in [-0.1, -0.05) is 38.3 Å². The van der Waals surface area contributed by atoms with Gasteiger partial charge in [-0.3, -0.25) is 0 Å². The summed E-state index contributed by atoms with van der Waals surface area (Å²) in [4.78, 5) is 0. The molecule has 0 spiro atoms. The predicted octanol–water partition coefficient (Wildman–Crippen LogP) is 3.18. The zero-order chi connectivity index (χ0) is 11.3. The van der Waals surface area contributed by atoms with Crippen molar-refractivity contribution in [1.29, 1.82) is 0 Å². The number of phenolic OH excluding ortho intramolecular Hbond substituents is 1. The molecule has 1 aromatic rings. The second-order valence-electron chi connectivity index (χ2n) is 4.28. The molecule has 0 saturated carbocycles. The molecule has 1 unspecified atom stereocenters. The first-order chi connectivity index (χ1) is 7.06. The monoisotopic (exact) mass is 208 g/mol. The van der Waals surface area contributed by atoms with Crippen LogP contribution in [0.15, 0.2) is 24.3 Å². The van der Waals surface area contributed by atoms with Crippen LogP contribution in [-0.4, -0.2) is 10.2 Å². The van der Waals surface area contributed by atoms with Crippen molar-refractivity contribution >= 4 is 0 Å². The topological polar surface area (TPSA) is 40.5 Å². The summed E-state index contributed by atoms with van der Waals surface area (Å²) in [6.45, 7) is 3.98. The predicted molar refractivity (Wildman–Crippen MR) is 61.8 cm³/mol.